The maximum Gasteiger partial charge on any atom is 0.390 e. The fraction of sp³-hybridized carbons (Fsp3) is 0.167. The molecular weight excluding hydrogens is 487 g/mol. The van der Waals surface area contributed by atoms with Crippen LogP contribution in [0.15, 0.2) is 64.6 Å². The number of amides is 1. The van der Waals surface area contributed by atoms with Crippen molar-refractivity contribution in [2.45, 2.75) is 29.3 Å². The first-order chi connectivity index (χ1) is 16.5. The number of benzene rings is 2. The summed E-state index contributed by atoms with van der Waals surface area (Å²) in [6.07, 6.45) is -2.23. The number of fused-ring (bicyclic) bond motifs is 1. The summed E-state index contributed by atoms with van der Waals surface area (Å²) < 4.78 is 67.7. The van der Waals surface area contributed by atoms with Crippen molar-refractivity contribution in [2.75, 3.05) is 11.9 Å². The van der Waals surface area contributed by atoms with Crippen molar-refractivity contribution in [3.8, 4) is 11.3 Å². The smallest absolute Gasteiger partial charge is 0.382 e. The molecule has 3 N–H and O–H groups in total. The zero-order valence-corrected chi connectivity index (χ0v) is 19.1. The number of pyridine rings is 1. The first-order valence-corrected chi connectivity index (χ1v) is 11.2. The summed E-state index contributed by atoms with van der Waals surface area (Å²) in [6.45, 7) is 1.33. The van der Waals surface area contributed by atoms with E-state index in [4.69, 9.17) is 5.73 Å². The van der Waals surface area contributed by atoms with Gasteiger partial charge in [-0.15, -0.1) is 0 Å². The third-order valence-corrected chi connectivity index (χ3v) is 6.23. The number of aryl methyl sites for hydroxylation is 1. The van der Waals surface area contributed by atoms with Crippen LogP contribution in [0.1, 0.15) is 22.3 Å². The molecule has 0 saturated carbocycles. The van der Waals surface area contributed by atoms with Crippen LogP contribution in [0.2, 0.25) is 0 Å². The molecule has 0 unspecified atom stereocenters. The Bertz CT molecular complexity index is 1420. The number of carbonyl (C=O) groups excluding carboxylic acids is 1. The second-order valence-electron chi connectivity index (χ2n) is 7.77. The van der Waals surface area contributed by atoms with Crippen molar-refractivity contribution in [3.05, 3.63) is 77.6 Å². The maximum atomic E-state index is 14.3. The van der Waals surface area contributed by atoms with Gasteiger partial charge in [-0.25, -0.2) is 13.8 Å². The van der Waals surface area contributed by atoms with Crippen LogP contribution in [0.3, 0.4) is 0 Å². The van der Waals surface area contributed by atoms with Gasteiger partial charge in [0.2, 0.25) is 5.91 Å². The lowest BCUT2D eigenvalue weighted by molar-refractivity contribution is -0.131. The van der Waals surface area contributed by atoms with Crippen LogP contribution in [0.4, 0.5) is 27.6 Å². The largest absolute Gasteiger partial charge is 0.390 e. The van der Waals surface area contributed by atoms with Gasteiger partial charge in [-0.3, -0.25) is 9.20 Å². The number of nitrogens with zero attached hydrogens (tertiary/aromatic N) is 2. The fourth-order valence-corrected chi connectivity index (χ4v) is 4.51. The Morgan fingerprint density at radius 3 is 2.63 bits per heavy atom. The van der Waals surface area contributed by atoms with Crippen LogP contribution < -0.4 is 11.1 Å². The summed E-state index contributed by atoms with van der Waals surface area (Å²) in [5.41, 5.74) is 8.29. The highest BCUT2D eigenvalue weighted by Gasteiger charge is 2.26. The Balaban J connectivity index is 1.80. The Hall–Kier alpha value is -3.60. The fourth-order valence-electron chi connectivity index (χ4n) is 3.59. The molecule has 0 saturated heterocycles. The number of imidazole rings is 1. The van der Waals surface area contributed by atoms with Crippen molar-refractivity contribution in [1.29, 1.82) is 0 Å². The molecule has 2 heterocycles. The van der Waals surface area contributed by atoms with E-state index in [2.05, 4.69) is 10.3 Å². The topological polar surface area (TPSA) is 72.4 Å². The van der Waals surface area contributed by atoms with Gasteiger partial charge in [0, 0.05) is 28.8 Å². The highest BCUT2D eigenvalue weighted by atomic mass is 32.2. The Kier molecular flexibility index (Phi) is 6.70. The number of aromatic nitrogens is 2. The van der Waals surface area contributed by atoms with Crippen molar-refractivity contribution in [1.82, 2.24) is 9.38 Å². The quantitative estimate of drug-likeness (QED) is 0.293. The van der Waals surface area contributed by atoms with Gasteiger partial charge in [-0.2, -0.15) is 13.2 Å². The van der Waals surface area contributed by atoms with Crippen LogP contribution in [-0.4, -0.2) is 28.0 Å². The number of primary amides is 1. The second-order valence-corrected chi connectivity index (χ2v) is 8.88. The first-order valence-electron chi connectivity index (χ1n) is 10.4. The average Bonchev–Trinajstić information content (AvgIpc) is 3.20. The summed E-state index contributed by atoms with van der Waals surface area (Å²) >= 11 is 0.926. The molecule has 0 aliphatic rings. The van der Waals surface area contributed by atoms with Crippen LogP contribution in [-0.2, 0) is 0 Å². The number of hydrogen-bond donors (Lipinski definition) is 2. The third kappa shape index (κ3) is 5.40. The molecule has 35 heavy (non-hydrogen) atoms. The minimum absolute atomic E-state index is 0.0221. The van der Waals surface area contributed by atoms with E-state index in [1.807, 2.05) is 0 Å². The van der Waals surface area contributed by atoms with Crippen molar-refractivity contribution < 1.29 is 26.7 Å². The summed E-state index contributed by atoms with van der Waals surface area (Å²) in [6, 6.07) is 10.3. The molecule has 4 aromatic rings. The molecule has 5 nitrogen and oxygen atoms in total. The van der Waals surface area contributed by atoms with Crippen molar-refractivity contribution in [3.63, 3.8) is 0 Å². The summed E-state index contributed by atoms with van der Waals surface area (Å²) in [4.78, 5) is 16.4. The first kappa shape index (κ1) is 24.5. The molecule has 0 aliphatic carbocycles. The van der Waals surface area contributed by atoms with Crippen LogP contribution >= 0.6 is 11.8 Å². The average molecular weight is 507 g/mol. The van der Waals surface area contributed by atoms with E-state index in [1.165, 1.54) is 12.1 Å². The van der Waals surface area contributed by atoms with Crippen LogP contribution in [0.5, 0.6) is 0 Å². The van der Waals surface area contributed by atoms with E-state index in [9.17, 15) is 26.7 Å². The molecule has 0 aliphatic heterocycles. The molecule has 1 amide bonds. The monoisotopic (exact) mass is 506 g/mol. The predicted molar refractivity (Wildman–Crippen MR) is 124 cm³/mol. The van der Waals surface area contributed by atoms with Gasteiger partial charge in [0.25, 0.3) is 0 Å². The highest BCUT2D eigenvalue weighted by molar-refractivity contribution is 7.99. The molecular formula is C24H19F5N4OS. The number of anilines is 1. The molecule has 0 bridgehead atoms. The molecule has 4 rings (SSSR count). The standard InChI is InChI=1S/C24H19F5N4OS/c1-13-9-14(5-6-16(13)22(30)34)19-11-32-23-18(31-8-7-24(27,28)29)10-15(12-33(19)23)35-20-4-2-3-17(25)21(20)26/h2-6,9-12,31H,7-8H2,1H3,(H2,30,34). The predicted octanol–water partition coefficient (Wildman–Crippen LogP) is 6.20. The van der Waals surface area contributed by atoms with Crippen LogP contribution in [0.25, 0.3) is 16.9 Å². The zero-order valence-electron chi connectivity index (χ0n) is 18.3. The van der Waals surface area contributed by atoms with Crippen LogP contribution in [0, 0.1) is 18.6 Å². The second kappa shape index (κ2) is 9.57. The molecule has 2 aromatic heterocycles. The summed E-state index contributed by atoms with van der Waals surface area (Å²) in [7, 11) is 0. The number of hydrogen-bond acceptors (Lipinski definition) is 4. The van der Waals surface area contributed by atoms with Gasteiger partial charge < -0.3 is 11.1 Å². The zero-order chi connectivity index (χ0) is 25.3. The van der Waals surface area contributed by atoms with Gasteiger partial charge in [0.1, 0.15) is 0 Å². The normalized spacial score (nSPS) is 11.7. The minimum atomic E-state index is -4.35. The summed E-state index contributed by atoms with van der Waals surface area (Å²) in [5, 5.41) is 2.75. The van der Waals surface area contributed by atoms with Gasteiger partial charge in [-0.1, -0.05) is 23.9 Å². The Morgan fingerprint density at radius 2 is 1.94 bits per heavy atom. The lowest BCUT2D eigenvalue weighted by Gasteiger charge is -2.13. The number of carbonyl (C=O) groups is 1. The maximum absolute atomic E-state index is 14.3. The van der Waals surface area contributed by atoms with E-state index < -0.39 is 36.7 Å². The number of alkyl halides is 3. The molecule has 0 fully saturated rings. The van der Waals surface area contributed by atoms with Crippen molar-refractivity contribution >= 4 is 29.0 Å². The van der Waals surface area contributed by atoms with Gasteiger partial charge in [0.15, 0.2) is 17.3 Å². The van der Waals surface area contributed by atoms with Gasteiger partial charge in [0.05, 0.1) is 28.9 Å². The van der Waals surface area contributed by atoms with Gasteiger partial charge >= 0.3 is 6.18 Å². The SMILES string of the molecule is Cc1cc(-c2cnc3c(NCCC(F)(F)F)cc(Sc4cccc(F)c4F)cn23)ccc1C(N)=O. The third-order valence-electron chi connectivity index (χ3n) is 5.24. The molecule has 0 spiro atoms. The summed E-state index contributed by atoms with van der Waals surface area (Å²) in [5.74, 6) is -2.60. The Labute approximate surface area is 201 Å². The number of halogens is 5. The lowest BCUT2D eigenvalue weighted by atomic mass is 10.0. The number of nitrogens with one attached hydrogen (secondary N) is 1. The molecule has 182 valence electrons. The number of nitrogens with two attached hydrogens (primary N) is 1. The van der Waals surface area contributed by atoms with E-state index in [0.717, 1.165) is 17.8 Å². The highest BCUT2D eigenvalue weighted by Crippen LogP contribution is 2.35. The van der Waals surface area contributed by atoms with E-state index in [-0.39, 0.29) is 4.90 Å². The lowest BCUT2D eigenvalue weighted by Crippen LogP contribution is -2.15. The Morgan fingerprint density at radius 1 is 1.17 bits per heavy atom. The molecule has 11 heteroatoms. The van der Waals surface area contributed by atoms with E-state index in [0.29, 0.717) is 38.6 Å². The van der Waals surface area contributed by atoms with E-state index >= 15 is 0 Å². The van der Waals surface area contributed by atoms with Gasteiger partial charge in [-0.05, 0) is 42.8 Å². The molecule has 0 radical (unpaired) electrons. The van der Waals surface area contributed by atoms with Crippen molar-refractivity contribution in [2.24, 2.45) is 5.73 Å². The molecule has 2 aromatic carbocycles. The molecule has 0 atom stereocenters. The number of rotatable bonds is 7. The minimum Gasteiger partial charge on any atom is -0.382 e. The van der Waals surface area contributed by atoms with E-state index in [1.54, 1.807) is 48.0 Å².